The van der Waals surface area contributed by atoms with Crippen molar-refractivity contribution in [2.75, 3.05) is 32.9 Å². The Balaban J connectivity index is 1.83. The highest BCUT2D eigenvalue weighted by Crippen LogP contribution is 2.19. The summed E-state index contributed by atoms with van der Waals surface area (Å²) in [6.45, 7) is 5.18. The minimum atomic E-state index is 0.177. The molecule has 1 aliphatic rings. The largest absolute Gasteiger partial charge is 0.494 e. The van der Waals surface area contributed by atoms with Crippen LogP contribution in [0.4, 0.5) is 0 Å². The third-order valence-corrected chi connectivity index (χ3v) is 4.00. The molecule has 4 heteroatoms. The number of rotatable bonds is 7. The van der Waals surface area contributed by atoms with Gasteiger partial charge in [0, 0.05) is 13.1 Å². The predicted molar refractivity (Wildman–Crippen MR) is 90.3 cm³/mol. The number of amides is 1. The number of piperidine rings is 1. The molecule has 0 aromatic heterocycles. The molecule has 0 radical (unpaired) electrons. The van der Waals surface area contributed by atoms with Gasteiger partial charge in [0.1, 0.15) is 12.4 Å². The van der Waals surface area contributed by atoms with E-state index < -0.39 is 0 Å². The van der Waals surface area contributed by atoms with Crippen molar-refractivity contribution in [2.45, 2.75) is 26.2 Å². The van der Waals surface area contributed by atoms with E-state index in [1.165, 1.54) is 0 Å². The van der Waals surface area contributed by atoms with Crippen molar-refractivity contribution in [3.63, 3.8) is 0 Å². The minimum Gasteiger partial charge on any atom is -0.494 e. The molecule has 1 atom stereocenters. The van der Waals surface area contributed by atoms with Crippen LogP contribution in [0.25, 0.3) is 0 Å². The number of nitrogens with zero attached hydrogens (tertiary/aromatic N) is 1. The molecule has 0 saturated carbocycles. The first-order chi connectivity index (χ1) is 11.2. The van der Waals surface area contributed by atoms with Crippen molar-refractivity contribution in [3.05, 3.63) is 29.8 Å². The van der Waals surface area contributed by atoms with Gasteiger partial charge in [-0.15, -0.1) is 6.42 Å². The van der Waals surface area contributed by atoms with Crippen LogP contribution in [0.5, 0.6) is 5.75 Å². The third-order valence-electron chi connectivity index (χ3n) is 4.00. The van der Waals surface area contributed by atoms with Gasteiger partial charge in [-0.05, 0) is 43.4 Å². The number of benzene rings is 1. The molecule has 1 unspecified atom stereocenters. The molecule has 1 aromatic rings. The Morgan fingerprint density at radius 3 is 2.87 bits per heavy atom. The van der Waals surface area contributed by atoms with Crippen molar-refractivity contribution < 1.29 is 14.3 Å². The molecule has 1 aliphatic heterocycles. The molecule has 1 saturated heterocycles. The molecule has 23 heavy (non-hydrogen) atoms. The van der Waals surface area contributed by atoms with E-state index in [1.54, 1.807) is 0 Å². The monoisotopic (exact) mass is 315 g/mol. The fraction of sp³-hybridized carbons (Fsp3) is 0.526. The van der Waals surface area contributed by atoms with E-state index in [4.69, 9.17) is 15.9 Å². The number of ether oxygens (including phenoxy) is 2. The zero-order valence-electron chi connectivity index (χ0n) is 13.8. The number of likely N-dealkylation sites (tertiary alicyclic amines) is 1. The number of hydrogen-bond donors (Lipinski definition) is 0. The first-order valence-electron chi connectivity index (χ1n) is 8.23. The molecular formula is C19H25NO3. The molecule has 2 rings (SSSR count). The third kappa shape index (κ3) is 5.61. The highest BCUT2D eigenvalue weighted by molar-refractivity contribution is 5.78. The summed E-state index contributed by atoms with van der Waals surface area (Å²) in [5.74, 6) is 3.88. The van der Waals surface area contributed by atoms with Crippen LogP contribution in [-0.4, -0.2) is 43.7 Å². The van der Waals surface area contributed by atoms with Gasteiger partial charge < -0.3 is 14.4 Å². The van der Waals surface area contributed by atoms with Gasteiger partial charge in [0.2, 0.25) is 5.91 Å². The van der Waals surface area contributed by atoms with Crippen molar-refractivity contribution in [2.24, 2.45) is 5.92 Å². The summed E-state index contributed by atoms with van der Waals surface area (Å²) in [6.07, 6.45) is 7.74. The summed E-state index contributed by atoms with van der Waals surface area (Å²) in [7, 11) is 0. The molecule has 1 fully saturated rings. The van der Waals surface area contributed by atoms with Crippen molar-refractivity contribution in [3.8, 4) is 18.1 Å². The second-order valence-electron chi connectivity index (χ2n) is 5.82. The number of terminal acetylenes is 1. The molecule has 0 N–H and O–H groups in total. The van der Waals surface area contributed by atoms with Crippen LogP contribution >= 0.6 is 0 Å². The first-order valence-corrected chi connectivity index (χ1v) is 8.23. The maximum atomic E-state index is 12.5. The molecular weight excluding hydrogens is 290 g/mol. The van der Waals surface area contributed by atoms with Crippen LogP contribution in [0, 0.1) is 18.3 Å². The fourth-order valence-corrected chi connectivity index (χ4v) is 2.87. The second kappa shape index (κ2) is 9.22. The second-order valence-corrected chi connectivity index (χ2v) is 5.82. The normalized spacial score (nSPS) is 17.6. The fourth-order valence-electron chi connectivity index (χ4n) is 2.87. The Labute approximate surface area is 138 Å². The molecule has 0 bridgehead atoms. The van der Waals surface area contributed by atoms with E-state index in [1.807, 2.05) is 36.1 Å². The zero-order valence-corrected chi connectivity index (χ0v) is 13.8. The van der Waals surface area contributed by atoms with Crippen molar-refractivity contribution >= 4 is 5.91 Å². The lowest BCUT2D eigenvalue weighted by atomic mass is 9.98. The summed E-state index contributed by atoms with van der Waals surface area (Å²) < 4.78 is 10.8. The number of hydrogen-bond acceptors (Lipinski definition) is 3. The lowest BCUT2D eigenvalue weighted by Gasteiger charge is -2.32. The summed E-state index contributed by atoms with van der Waals surface area (Å²) >= 11 is 0. The van der Waals surface area contributed by atoms with E-state index in [0.29, 0.717) is 32.2 Å². The standard InChI is InChI=1S/C19H25NO3/c1-3-12-22-15-17-6-5-11-20(14-17)19(21)13-16-7-9-18(10-8-16)23-4-2/h1,7-10,17H,4-6,11-15H2,2H3. The van der Waals surface area contributed by atoms with E-state index in [-0.39, 0.29) is 5.91 Å². The minimum absolute atomic E-state index is 0.177. The Bertz CT molecular complexity index is 533. The van der Waals surface area contributed by atoms with Crippen LogP contribution in [0.1, 0.15) is 25.3 Å². The van der Waals surface area contributed by atoms with E-state index in [9.17, 15) is 4.79 Å². The smallest absolute Gasteiger partial charge is 0.226 e. The Kier molecular flexibility index (Phi) is 6.96. The van der Waals surface area contributed by atoms with Gasteiger partial charge in [-0.25, -0.2) is 0 Å². The van der Waals surface area contributed by atoms with Crippen LogP contribution in [0.3, 0.4) is 0 Å². The van der Waals surface area contributed by atoms with Crippen LogP contribution < -0.4 is 4.74 Å². The quantitative estimate of drug-likeness (QED) is 0.573. The lowest BCUT2D eigenvalue weighted by molar-refractivity contribution is -0.132. The molecule has 1 aromatic carbocycles. The molecule has 124 valence electrons. The highest BCUT2D eigenvalue weighted by Gasteiger charge is 2.23. The topological polar surface area (TPSA) is 38.8 Å². The summed E-state index contributed by atoms with van der Waals surface area (Å²) in [5, 5.41) is 0. The molecule has 1 heterocycles. The Morgan fingerprint density at radius 2 is 2.17 bits per heavy atom. The number of carbonyl (C=O) groups is 1. The summed E-state index contributed by atoms with van der Waals surface area (Å²) in [4.78, 5) is 14.4. The van der Waals surface area contributed by atoms with Crippen molar-refractivity contribution in [1.82, 2.24) is 4.90 Å². The van der Waals surface area contributed by atoms with Gasteiger partial charge in [-0.3, -0.25) is 4.79 Å². The summed E-state index contributed by atoms with van der Waals surface area (Å²) in [6, 6.07) is 7.75. The molecule has 1 amide bonds. The number of carbonyl (C=O) groups excluding carboxylic acids is 1. The molecule has 4 nitrogen and oxygen atoms in total. The van der Waals surface area contributed by atoms with Crippen LogP contribution in [0.15, 0.2) is 24.3 Å². The van der Waals surface area contributed by atoms with Crippen molar-refractivity contribution in [1.29, 1.82) is 0 Å². The van der Waals surface area contributed by atoms with Gasteiger partial charge in [0.25, 0.3) is 0 Å². The van der Waals surface area contributed by atoms with Gasteiger partial charge in [-0.1, -0.05) is 18.1 Å². The van der Waals surface area contributed by atoms with E-state index >= 15 is 0 Å². The highest BCUT2D eigenvalue weighted by atomic mass is 16.5. The van der Waals surface area contributed by atoms with E-state index in [2.05, 4.69) is 5.92 Å². The van der Waals surface area contributed by atoms with Gasteiger partial charge in [0.05, 0.1) is 19.6 Å². The van der Waals surface area contributed by atoms with E-state index in [0.717, 1.165) is 37.2 Å². The lowest BCUT2D eigenvalue weighted by Crippen LogP contribution is -2.42. The molecule has 0 aliphatic carbocycles. The maximum absolute atomic E-state index is 12.5. The first kappa shape index (κ1) is 17.4. The average Bonchev–Trinajstić information content (AvgIpc) is 2.57. The van der Waals surface area contributed by atoms with Crippen LogP contribution in [-0.2, 0) is 16.0 Å². The Morgan fingerprint density at radius 1 is 1.39 bits per heavy atom. The summed E-state index contributed by atoms with van der Waals surface area (Å²) in [5.41, 5.74) is 1.02. The van der Waals surface area contributed by atoms with Gasteiger partial charge in [0.15, 0.2) is 0 Å². The van der Waals surface area contributed by atoms with Gasteiger partial charge >= 0.3 is 0 Å². The average molecular weight is 315 g/mol. The maximum Gasteiger partial charge on any atom is 0.226 e. The zero-order chi connectivity index (χ0) is 16.5. The molecule has 0 spiro atoms. The SMILES string of the molecule is C#CCOCC1CCCN(C(=O)Cc2ccc(OCC)cc2)C1. The Hall–Kier alpha value is -1.99. The predicted octanol–water partition coefficient (Wildman–Crippen LogP) is 2.52. The van der Waals surface area contributed by atoms with Gasteiger partial charge in [-0.2, -0.15) is 0 Å². The van der Waals surface area contributed by atoms with Crippen LogP contribution in [0.2, 0.25) is 0 Å².